The molecule has 0 fully saturated rings. The number of rotatable bonds is 1. The zero-order valence-corrected chi connectivity index (χ0v) is 10.6. The largest absolute Gasteiger partial charge is 0.435 e. The molecule has 4 aromatic rings. The van der Waals surface area contributed by atoms with Crippen LogP contribution in [-0.4, -0.2) is 9.97 Å². The highest BCUT2D eigenvalue weighted by atomic mass is 16.3. The first kappa shape index (κ1) is 11.0. The quantitative estimate of drug-likeness (QED) is 0.531. The molecule has 0 radical (unpaired) electrons. The Morgan fingerprint density at radius 1 is 0.950 bits per heavy atom. The van der Waals surface area contributed by atoms with Gasteiger partial charge in [-0.2, -0.15) is 0 Å². The van der Waals surface area contributed by atoms with Gasteiger partial charge in [0.2, 0.25) is 5.89 Å². The maximum atomic E-state index is 5.92. The van der Waals surface area contributed by atoms with Gasteiger partial charge < -0.3 is 10.2 Å². The molecule has 2 N–H and O–H groups in total. The van der Waals surface area contributed by atoms with Gasteiger partial charge in [-0.1, -0.05) is 30.3 Å². The minimum atomic E-state index is 0.495. The summed E-state index contributed by atoms with van der Waals surface area (Å²) < 4.78 is 5.79. The Morgan fingerprint density at radius 2 is 1.85 bits per heavy atom. The molecule has 0 aliphatic rings. The molecular weight excluding hydrogens is 250 g/mol. The van der Waals surface area contributed by atoms with Crippen LogP contribution in [0, 0.1) is 0 Å². The second-order valence-electron chi connectivity index (χ2n) is 4.59. The zero-order valence-electron chi connectivity index (χ0n) is 10.6. The lowest BCUT2D eigenvalue weighted by Crippen LogP contribution is -1.87. The van der Waals surface area contributed by atoms with Gasteiger partial charge in [-0.05, 0) is 23.6 Å². The summed E-state index contributed by atoms with van der Waals surface area (Å²) in [4.78, 5) is 8.88. The zero-order chi connectivity index (χ0) is 13.5. The summed E-state index contributed by atoms with van der Waals surface area (Å²) in [6, 6.07) is 15.5. The number of para-hydroxylation sites is 1. The van der Waals surface area contributed by atoms with E-state index < -0.39 is 0 Å². The Kier molecular flexibility index (Phi) is 2.23. The monoisotopic (exact) mass is 261 g/mol. The molecule has 0 bridgehead atoms. The van der Waals surface area contributed by atoms with E-state index in [1.165, 1.54) is 0 Å². The first-order chi connectivity index (χ1) is 9.83. The molecular formula is C16H11N3O. The molecule has 0 atom stereocenters. The molecule has 2 heterocycles. The van der Waals surface area contributed by atoms with E-state index in [-0.39, 0.29) is 0 Å². The lowest BCUT2D eigenvalue weighted by atomic mass is 10.1. The van der Waals surface area contributed by atoms with Crippen LogP contribution in [0.15, 0.2) is 59.1 Å². The van der Waals surface area contributed by atoms with Gasteiger partial charge in [0.15, 0.2) is 5.58 Å². The summed E-state index contributed by atoms with van der Waals surface area (Å²) in [6.45, 7) is 0. The average Bonchev–Trinajstić information content (AvgIpc) is 2.92. The van der Waals surface area contributed by atoms with E-state index >= 15 is 0 Å². The summed E-state index contributed by atoms with van der Waals surface area (Å²) in [6.07, 6.45) is 1.76. The van der Waals surface area contributed by atoms with Crippen molar-refractivity contribution in [3.05, 3.63) is 54.7 Å². The van der Waals surface area contributed by atoms with Crippen LogP contribution in [-0.2, 0) is 0 Å². The van der Waals surface area contributed by atoms with E-state index in [0.29, 0.717) is 22.7 Å². The third kappa shape index (κ3) is 1.55. The van der Waals surface area contributed by atoms with Gasteiger partial charge in [-0.3, -0.25) is 4.98 Å². The van der Waals surface area contributed by atoms with Crippen molar-refractivity contribution < 1.29 is 4.42 Å². The Hall–Kier alpha value is -2.88. The van der Waals surface area contributed by atoms with Crippen molar-refractivity contribution in [1.29, 1.82) is 0 Å². The average molecular weight is 261 g/mol. The first-order valence-electron chi connectivity index (χ1n) is 6.32. The Labute approximate surface area is 114 Å². The van der Waals surface area contributed by atoms with Crippen molar-refractivity contribution in [3.63, 3.8) is 0 Å². The summed E-state index contributed by atoms with van der Waals surface area (Å²) in [5.74, 6) is 0.495. The maximum absolute atomic E-state index is 5.92. The molecule has 2 aromatic heterocycles. The number of fused-ring (bicyclic) bond motifs is 2. The van der Waals surface area contributed by atoms with Gasteiger partial charge in [0.25, 0.3) is 0 Å². The summed E-state index contributed by atoms with van der Waals surface area (Å²) in [5.41, 5.74) is 8.61. The minimum Gasteiger partial charge on any atom is -0.435 e. The number of anilines is 1. The molecule has 0 saturated carbocycles. The fraction of sp³-hybridized carbons (Fsp3) is 0. The van der Waals surface area contributed by atoms with Crippen molar-refractivity contribution >= 4 is 27.6 Å². The van der Waals surface area contributed by atoms with Gasteiger partial charge in [0.1, 0.15) is 11.2 Å². The molecule has 4 heteroatoms. The molecule has 0 spiro atoms. The molecule has 0 aliphatic carbocycles. The third-order valence-electron chi connectivity index (χ3n) is 3.33. The highest BCUT2D eigenvalue weighted by Gasteiger charge is 2.13. The van der Waals surface area contributed by atoms with Gasteiger partial charge in [-0.25, -0.2) is 4.98 Å². The van der Waals surface area contributed by atoms with Crippen LogP contribution in [0.1, 0.15) is 0 Å². The van der Waals surface area contributed by atoms with Crippen molar-refractivity contribution in [1.82, 2.24) is 9.97 Å². The van der Waals surface area contributed by atoms with Gasteiger partial charge in [0, 0.05) is 11.6 Å². The molecule has 0 saturated heterocycles. The molecule has 96 valence electrons. The molecule has 0 unspecified atom stereocenters. The Morgan fingerprint density at radius 3 is 2.75 bits per heavy atom. The predicted octanol–water partition coefficient (Wildman–Crippen LogP) is 3.63. The molecule has 2 aromatic carbocycles. The van der Waals surface area contributed by atoms with Crippen LogP contribution in [0.2, 0.25) is 0 Å². The van der Waals surface area contributed by atoms with E-state index in [1.54, 1.807) is 6.20 Å². The number of hydrogen-bond acceptors (Lipinski definition) is 4. The van der Waals surface area contributed by atoms with Crippen LogP contribution >= 0.6 is 0 Å². The molecule has 4 rings (SSSR count). The third-order valence-corrected chi connectivity index (χ3v) is 3.33. The minimum absolute atomic E-state index is 0.495. The number of hydrogen-bond donors (Lipinski definition) is 1. The number of nitrogen functional groups attached to an aromatic ring is 1. The summed E-state index contributed by atoms with van der Waals surface area (Å²) >= 11 is 0. The van der Waals surface area contributed by atoms with E-state index in [1.807, 2.05) is 48.5 Å². The predicted molar refractivity (Wildman–Crippen MR) is 79.2 cm³/mol. The fourth-order valence-electron chi connectivity index (χ4n) is 2.36. The molecule has 20 heavy (non-hydrogen) atoms. The number of oxazole rings is 1. The van der Waals surface area contributed by atoms with Gasteiger partial charge in [0.05, 0.1) is 5.69 Å². The van der Waals surface area contributed by atoms with E-state index in [4.69, 9.17) is 10.2 Å². The van der Waals surface area contributed by atoms with Crippen LogP contribution in [0.3, 0.4) is 0 Å². The number of aromatic nitrogens is 2. The second kappa shape index (κ2) is 4.06. The smallest absolute Gasteiger partial charge is 0.246 e. The van der Waals surface area contributed by atoms with Gasteiger partial charge in [-0.15, -0.1) is 0 Å². The van der Waals surface area contributed by atoms with Crippen molar-refractivity contribution in [2.75, 3.05) is 5.73 Å². The molecule has 0 amide bonds. The van der Waals surface area contributed by atoms with E-state index in [9.17, 15) is 0 Å². The highest BCUT2D eigenvalue weighted by Crippen LogP contribution is 2.30. The normalized spacial score (nSPS) is 11.2. The fourth-order valence-corrected chi connectivity index (χ4v) is 2.36. The SMILES string of the molecule is Nc1cccc2oc(-c3nccc4ccccc34)nc12. The lowest BCUT2D eigenvalue weighted by Gasteiger charge is -2.00. The summed E-state index contributed by atoms with van der Waals surface area (Å²) in [5, 5.41) is 2.12. The lowest BCUT2D eigenvalue weighted by molar-refractivity contribution is 0.618. The Balaban J connectivity index is 2.04. The first-order valence-corrected chi connectivity index (χ1v) is 6.32. The van der Waals surface area contributed by atoms with Crippen molar-refractivity contribution in [2.24, 2.45) is 0 Å². The molecule has 0 aliphatic heterocycles. The highest BCUT2D eigenvalue weighted by molar-refractivity contribution is 5.94. The van der Waals surface area contributed by atoms with Crippen molar-refractivity contribution in [3.8, 4) is 11.6 Å². The molecule has 4 nitrogen and oxygen atoms in total. The van der Waals surface area contributed by atoms with Crippen LogP contribution in [0.25, 0.3) is 33.5 Å². The topological polar surface area (TPSA) is 64.9 Å². The van der Waals surface area contributed by atoms with Crippen LogP contribution in [0.4, 0.5) is 5.69 Å². The van der Waals surface area contributed by atoms with Crippen molar-refractivity contribution in [2.45, 2.75) is 0 Å². The number of nitrogens with zero attached hydrogens (tertiary/aromatic N) is 2. The number of benzene rings is 2. The van der Waals surface area contributed by atoms with Gasteiger partial charge >= 0.3 is 0 Å². The van der Waals surface area contributed by atoms with E-state index in [2.05, 4.69) is 9.97 Å². The summed E-state index contributed by atoms with van der Waals surface area (Å²) in [7, 11) is 0. The number of pyridine rings is 1. The Bertz CT molecular complexity index is 922. The number of nitrogens with two attached hydrogens (primary N) is 1. The second-order valence-corrected chi connectivity index (χ2v) is 4.59. The van der Waals surface area contributed by atoms with Crippen LogP contribution in [0.5, 0.6) is 0 Å². The van der Waals surface area contributed by atoms with Crippen LogP contribution < -0.4 is 5.73 Å². The maximum Gasteiger partial charge on any atom is 0.246 e. The van der Waals surface area contributed by atoms with E-state index in [0.717, 1.165) is 16.5 Å². The standard InChI is InChI=1S/C16H11N3O/c17-12-6-3-7-13-15(12)19-16(20-13)14-11-5-2-1-4-10(11)8-9-18-14/h1-9H,17H2.